The molecule has 0 aliphatic carbocycles. The average molecular weight is 550 g/mol. The molecule has 0 aromatic carbocycles. The molecule has 1 amide bonds. The van der Waals surface area contributed by atoms with Crippen LogP contribution in [0.25, 0.3) is 27.2 Å². The summed E-state index contributed by atoms with van der Waals surface area (Å²) in [6.07, 6.45) is 2.58. The summed E-state index contributed by atoms with van der Waals surface area (Å²) >= 11 is 1.28. The number of fused-ring (bicyclic) bond motifs is 1. The number of carbonyl (C=O) groups is 1. The van der Waals surface area contributed by atoms with Crippen LogP contribution in [0.1, 0.15) is 47.9 Å². The van der Waals surface area contributed by atoms with Crippen molar-refractivity contribution in [3.63, 3.8) is 0 Å². The van der Waals surface area contributed by atoms with Crippen molar-refractivity contribution in [2.24, 2.45) is 0 Å². The summed E-state index contributed by atoms with van der Waals surface area (Å²) in [6.45, 7) is 4.06. The maximum absolute atomic E-state index is 13.6. The quantitative estimate of drug-likeness (QED) is 0.300. The van der Waals surface area contributed by atoms with Gasteiger partial charge < -0.3 is 4.74 Å². The predicted octanol–water partition coefficient (Wildman–Crippen LogP) is 5.02. The fourth-order valence-electron chi connectivity index (χ4n) is 3.83. The molecule has 0 bridgehead atoms. The highest BCUT2D eigenvalue weighted by molar-refractivity contribution is 7.22. The second-order valence-corrected chi connectivity index (χ2v) is 9.71. The SMILES string of the molecule is COc1cnc(C(F)F)cc1-c1cc(-n2ncccc2=O)ncc1C(=O)Nc1nc2cnc(C(C)C)cc2s1. The maximum Gasteiger partial charge on any atom is 0.280 e. The Labute approximate surface area is 224 Å². The topological polar surface area (TPSA) is 125 Å². The Morgan fingerprint density at radius 1 is 1.05 bits per heavy atom. The van der Waals surface area contributed by atoms with Gasteiger partial charge in [-0.25, -0.2) is 18.7 Å². The van der Waals surface area contributed by atoms with Crippen LogP contribution in [0.15, 0.2) is 59.9 Å². The Morgan fingerprint density at radius 2 is 1.85 bits per heavy atom. The van der Waals surface area contributed by atoms with Crippen molar-refractivity contribution >= 4 is 32.6 Å². The van der Waals surface area contributed by atoms with Gasteiger partial charge in [-0.2, -0.15) is 9.78 Å². The van der Waals surface area contributed by atoms with E-state index in [1.807, 2.05) is 19.9 Å². The summed E-state index contributed by atoms with van der Waals surface area (Å²) in [7, 11) is 1.36. The molecule has 0 saturated carbocycles. The predicted molar refractivity (Wildman–Crippen MR) is 142 cm³/mol. The van der Waals surface area contributed by atoms with Crippen molar-refractivity contribution in [2.75, 3.05) is 12.4 Å². The van der Waals surface area contributed by atoms with Gasteiger partial charge in [0, 0.05) is 35.3 Å². The van der Waals surface area contributed by atoms with Gasteiger partial charge in [0.05, 0.1) is 29.8 Å². The highest BCUT2D eigenvalue weighted by Crippen LogP contribution is 2.36. The van der Waals surface area contributed by atoms with E-state index in [-0.39, 0.29) is 34.2 Å². The molecule has 0 spiro atoms. The Hall–Kier alpha value is -4.65. The van der Waals surface area contributed by atoms with Crippen LogP contribution in [0.4, 0.5) is 13.9 Å². The normalized spacial score (nSPS) is 11.4. The first kappa shape index (κ1) is 26.0. The largest absolute Gasteiger partial charge is 0.494 e. The molecule has 0 radical (unpaired) electrons. The van der Waals surface area contributed by atoms with Gasteiger partial charge in [0.2, 0.25) is 0 Å². The van der Waals surface area contributed by atoms with Gasteiger partial charge in [-0.1, -0.05) is 25.2 Å². The highest BCUT2D eigenvalue weighted by atomic mass is 32.1. The zero-order valence-corrected chi connectivity index (χ0v) is 21.7. The third-order valence-corrected chi connectivity index (χ3v) is 6.73. The van der Waals surface area contributed by atoms with Crippen molar-refractivity contribution in [3.8, 4) is 22.7 Å². The van der Waals surface area contributed by atoms with E-state index in [2.05, 4.69) is 30.4 Å². The minimum absolute atomic E-state index is 0.0349. The number of rotatable bonds is 7. The van der Waals surface area contributed by atoms with Gasteiger partial charge in [0.15, 0.2) is 10.9 Å². The third-order valence-electron chi connectivity index (χ3n) is 5.80. The first-order chi connectivity index (χ1) is 18.7. The lowest BCUT2D eigenvalue weighted by Gasteiger charge is -2.15. The van der Waals surface area contributed by atoms with E-state index in [4.69, 9.17) is 4.74 Å². The zero-order valence-electron chi connectivity index (χ0n) is 20.9. The fraction of sp³-hybridized carbons (Fsp3) is 0.192. The molecule has 0 atom stereocenters. The van der Waals surface area contributed by atoms with Crippen molar-refractivity contribution in [1.29, 1.82) is 0 Å². The lowest BCUT2D eigenvalue weighted by Crippen LogP contribution is -2.21. The summed E-state index contributed by atoms with van der Waals surface area (Å²) in [6, 6.07) is 7.24. The number of halogens is 2. The molecule has 198 valence electrons. The second-order valence-electron chi connectivity index (χ2n) is 8.68. The van der Waals surface area contributed by atoms with Crippen LogP contribution in [-0.2, 0) is 0 Å². The standard InChI is InChI=1S/C26H21F2N7O3S/c1-13(2)17-9-21-19(11-29-17)33-26(39-21)34-25(37)16-10-31-22(35-23(36)5-4-6-32-35)8-14(16)15-7-18(24(27)28)30-12-20(15)38-3/h4-13,24H,1-3H3,(H,33,34,37). The molecule has 0 saturated heterocycles. The summed E-state index contributed by atoms with van der Waals surface area (Å²) in [5.74, 6) is -0.143. The molecule has 5 heterocycles. The molecule has 0 unspecified atom stereocenters. The van der Waals surface area contributed by atoms with Crippen LogP contribution >= 0.6 is 11.3 Å². The number of methoxy groups -OCH3 is 1. The van der Waals surface area contributed by atoms with E-state index in [0.29, 0.717) is 10.6 Å². The Balaban J connectivity index is 1.62. The number of aromatic nitrogens is 6. The number of anilines is 1. The maximum atomic E-state index is 13.6. The molecule has 5 aromatic rings. The number of hydrogen-bond donors (Lipinski definition) is 1. The smallest absolute Gasteiger partial charge is 0.280 e. The Morgan fingerprint density at radius 3 is 2.56 bits per heavy atom. The minimum Gasteiger partial charge on any atom is -0.494 e. The molecular formula is C26H21F2N7O3S. The van der Waals surface area contributed by atoms with E-state index in [9.17, 15) is 18.4 Å². The molecule has 10 nitrogen and oxygen atoms in total. The molecule has 5 rings (SSSR count). The van der Waals surface area contributed by atoms with Crippen LogP contribution in [0, 0.1) is 0 Å². The number of ether oxygens (including phenoxy) is 1. The van der Waals surface area contributed by atoms with Crippen molar-refractivity contribution in [2.45, 2.75) is 26.2 Å². The molecule has 1 N–H and O–H groups in total. The average Bonchev–Trinajstić information content (AvgIpc) is 3.34. The van der Waals surface area contributed by atoms with Crippen molar-refractivity contribution < 1.29 is 18.3 Å². The van der Waals surface area contributed by atoms with Gasteiger partial charge in [-0.05, 0) is 30.2 Å². The number of nitrogens with zero attached hydrogens (tertiary/aromatic N) is 6. The first-order valence-corrected chi connectivity index (χ1v) is 12.5. The Kier molecular flexibility index (Phi) is 7.07. The van der Waals surface area contributed by atoms with Gasteiger partial charge in [-0.15, -0.1) is 0 Å². The van der Waals surface area contributed by atoms with E-state index in [1.54, 1.807) is 6.20 Å². The monoisotopic (exact) mass is 549 g/mol. The molecule has 0 aliphatic heterocycles. The lowest BCUT2D eigenvalue weighted by atomic mass is 10.00. The van der Waals surface area contributed by atoms with Crippen molar-refractivity contribution in [3.05, 3.63) is 82.4 Å². The van der Waals surface area contributed by atoms with E-state index in [0.717, 1.165) is 27.3 Å². The van der Waals surface area contributed by atoms with Crippen LogP contribution in [0.2, 0.25) is 0 Å². The molecule has 5 aromatic heterocycles. The summed E-state index contributed by atoms with van der Waals surface area (Å²) < 4.78 is 34.4. The minimum atomic E-state index is -2.86. The van der Waals surface area contributed by atoms with Crippen molar-refractivity contribution in [1.82, 2.24) is 29.7 Å². The Bertz CT molecular complexity index is 1750. The summed E-state index contributed by atoms with van der Waals surface area (Å²) in [4.78, 5) is 42.7. The van der Waals surface area contributed by atoms with Crippen LogP contribution in [-0.4, -0.2) is 42.7 Å². The molecule has 0 aliphatic rings. The van der Waals surface area contributed by atoms with Gasteiger partial charge >= 0.3 is 0 Å². The van der Waals surface area contributed by atoms with Gasteiger partial charge in [0.1, 0.15) is 17.0 Å². The summed E-state index contributed by atoms with van der Waals surface area (Å²) in [5, 5.41) is 7.11. The zero-order chi connectivity index (χ0) is 27.7. The van der Waals surface area contributed by atoms with Crippen LogP contribution in [0.5, 0.6) is 5.75 Å². The highest BCUT2D eigenvalue weighted by Gasteiger charge is 2.22. The second kappa shape index (κ2) is 10.6. The molecule has 39 heavy (non-hydrogen) atoms. The van der Waals surface area contributed by atoms with E-state index < -0.39 is 23.6 Å². The molecule has 0 fully saturated rings. The number of hydrogen-bond acceptors (Lipinski definition) is 9. The number of carbonyl (C=O) groups excluding carboxylic acids is 1. The number of nitrogens with one attached hydrogen (secondary N) is 1. The molecule has 13 heteroatoms. The summed E-state index contributed by atoms with van der Waals surface area (Å²) in [5.41, 5.74) is 0.928. The third kappa shape index (κ3) is 5.21. The number of alkyl halides is 2. The van der Waals surface area contributed by atoms with Crippen LogP contribution in [0.3, 0.4) is 0 Å². The van der Waals surface area contributed by atoms with E-state index >= 15 is 0 Å². The number of thiazole rings is 1. The van der Waals surface area contributed by atoms with E-state index in [1.165, 1.54) is 49.0 Å². The number of pyridine rings is 3. The van der Waals surface area contributed by atoms with Gasteiger partial charge in [0.25, 0.3) is 17.9 Å². The first-order valence-electron chi connectivity index (χ1n) is 11.7. The van der Waals surface area contributed by atoms with Crippen LogP contribution < -0.4 is 15.6 Å². The number of amides is 1. The molecular weight excluding hydrogens is 528 g/mol. The lowest BCUT2D eigenvalue weighted by molar-refractivity contribution is 0.102. The fourth-order valence-corrected chi connectivity index (χ4v) is 4.70. The van der Waals surface area contributed by atoms with Gasteiger partial charge in [-0.3, -0.25) is 24.9 Å².